The van der Waals surface area contributed by atoms with E-state index in [1.54, 1.807) is 13.3 Å². The fourth-order valence-corrected chi connectivity index (χ4v) is 3.81. The number of methoxy groups -OCH3 is 1. The molecule has 1 amide bonds. The lowest BCUT2D eigenvalue weighted by Crippen LogP contribution is -2.41. The number of benzene rings is 1. The monoisotopic (exact) mass is 325 g/mol. The largest absolute Gasteiger partial charge is 0.497 e. The number of rotatable bonds is 4. The molecule has 1 saturated carbocycles. The standard InChI is InChI=1S/C19H23N3O2/c1-24-16-6-4-14(5-7-16)17-11-18(17)19(23)21-9-2-3-15(12-21)22-10-8-20-13-22/h4-8,10,13,15,17-18H,2-3,9,11-12H2,1H3/t15-,17-,18-/m0/s1. The van der Waals surface area contributed by atoms with E-state index in [9.17, 15) is 4.79 Å². The summed E-state index contributed by atoms with van der Waals surface area (Å²) < 4.78 is 7.34. The highest BCUT2D eigenvalue weighted by Crippen LogP contribution is 2.49. The van der Waals surface area contributed by atoms with Gasteiger partial charge in [-0.1, -0.05) is 12.1 Å². The number of aromatic nitrogens is 2. The molecule has 5 nitrogen and oxygen atoms in total. The van der Waals surface area contributed by atoms with Gasteiger partial charge in [0.25, 0.3) is 0 Å². The first-order chi connectivity index (χ1) is 11.8. The van der Waals surface area contributed by atoms with Crippen LogP contribution in [0.25, 0.3) is 0 Å². The molecule has 0 N–H and O–H groups in total. The summed E-state index contributed by atoms with van der Waals surface area (Å²) in [7, 11) is 1.67. The van der Waals surface area contributed by atoms with Crippen LogP contribution in [0.2, 0.25) is 0 Å². The van der Waals surface area contributed by atoms with Gasteiger partial charge in [0, 0.05) is 31.4 Å². The highest BCUT2D eigenvalue weighted by molar-refractivity contribution is 5.83. The van der Waals surface area contributed by atoms with Crippen molar-refractivity contribution in [3.63, 3.8) is 0 Å². The molecule has 2 aromatic rings. The number of ether oxygens (including phenoxy) is 1. The van der Waals surface area contributed by atoms with E-state index in [2.05, 4.69) is 26.6 Å². The van der Waals surface area contributed by atoms with Crippen molar-refractivity contribution in [2.24, 2.45) is 5.92 Å². The summed E-state index contributed by atoms with van der Waals surface area (Å²) in [5, 5.41) is 0. The smallest absolute Gasteiger partial charge is 0.226 e. The lowest BCUT2D eigenvalue weighted by atomic mass is 10.0. The maximum atomic E-state index is 12.9. The molecule has 0 radical (unpaired) electrons. The minimum absolute atomic E-state index is 0.153. The van der Waals surface area contributed by atoms with Gasteiger partial charge in [-0.3, -0.25) is 4.79 Å². The van der Waals surface area contributed by atoms with E-state index in [0.717, 1.165) is 38.1 Å². The predicted molar refractivity (Wildman–Crippen MR) is 90.9 cm³/mol. The molecule has 1 saturated heterocycles. The number of amides is 1. The summed E-state index contributed by atoms with van der Waals surface area (Å²) in [5.74, 6) is 1.71. The van der Waals surface area contributed by atoms with Crippen molar-refractivity contribution >= 4 is 5.91 Å². The van der Waals surface area contributed by atoms with Crippen molar-refractivity contribution in [2.45, 2.75) is 31.2 Å². The van der Waals surface area contributed by atoms with Gasteiger partial charge in [0.15, 0.2) is 0 Å². The van der Waals surface area contributed by atoms with E-state index in [-0.39, 0.29) is 5.92 Å². The molecular formula is C19H23N3O2. The predicted octanol–water partition coefficient (Wildman–Crippen LogP) is 2.86. The third-order valence-corrected chi connectivity index (χ3v) is 5.31. The Bertz CT molecular complexity index is 696. The second-order valence-corrected chi connectivity index (χ2v) is 6.81. The fourth-order valence-electron chi connectivity index (χ4n) is 3.81. The van der Waals surface area contributed by atoms with Gasteiger partial charge >= 0.3 is 0 Å². The molecular weight excluding hydrogens is 302 g/mol. The van der Waals surface area contributed by atoms with Crippen molar-refractivity contribution in [2.75, 3.05) is 20.2 Å². The number of piperidine rings is 1. The molecule has 5 heteroatoms. The minimum atomic E-state index is 0.153. The molecule has 1 aliphatic heterocycles. The van der Waals surface area contributed by atoms with Gasteiger partial charge in [-0.2, -0.15) is 0 Å². The van der Waals surface area contributed by atoms with Crippen LogP contribution in [0.15, 0.2) is 43.0 Å². The Hall–Kier alpha value is -2.30. The molecule has 1 aromatic carbocycles. The number of hydrogen-bond acceptors (Lipinski definition) is 3. The summed E-state index contributed by atoms with van der Waals surface area (Å²) in [5.41, 5.74) is 1.25. The van der Waals surface area contributed by atoms with Crippen LogP contribution in [0.1, 0.15) is 36.8 Å². The van der Waals surface area contributed by atoms with E-state index in [4.69, 9.17) is 4.74 Å². The maximum Gasteiger partial charge on any atom is 0.226 e. The summed E-state index contributed by atoms with van der Waals surface area (Å²) >= 11 is 0. The number of nitrogens with zero attached hydrogens (tertiary/aromatic N) is 3. The molecule has 0 spiro atoms. The zero-order valence-corrected chi connectivity index (χ0v) is 14.0. The summed E-state index contributed by atoms with van der Waals surface area (Å²) in [4.78, 5) is 19.0. The first-order valence-electron chi connectivity index (χ1n) is 8.66. The molecule has 1 aromatic heterocycles. The SMILES string of the molecule is COc1ccc([C@@H]2C[C@@H]2C(=O)N2CCC[C@H](n3ccnc3)C2)cc1. The van der Waals surface area contributed by atoms with Gasteiger partial charge in [0.1, 0.15) is 5.75 Å². The first-order valence-corrected chi connectivity index (χ1v) is 8.66. The van der Waals surface area contributed by atoms with Gasteiger partial charge in [-0.25, -0.2) is 4.98 Å². The van der Waals surface area contributed by atoms with Gasteiger partial charge in [0.05, 0.1) is 19.5 Å². The average Bonchev–Trinajstić information content (AvgIpc) is 3.25. The van der Waals surface area contributed by atoms with E-state index in [1.807, 2.05) is 24.7 Å². The number of carbonyl (C=O) groups is 1. The van der Waals surface area contributed by atoms with Gasteiger partial charge in [-0.05, 0) is 42.9 Å². The number of hydrogen-bond donors (Lipinski definition) is 0. The molecule has 0 unspecified atom stereocenters. The Labute approximate surface area is 142 Å². The van der Waals surface area contributed by atoms with Crippen molar-refractivity contribution in [3.8, 4) is 5.75 Å². The van der Waals surface area contributed by atoms with E-state index in [0.29, 0.717) is 17.9 Å². The summed E-state index contributed by atoms with van der Waals surface area (Å²) in [6.07, 6.45) is 8.81. The third kappa shape index (κ3) is 2.90. The van der Waals surface area contributed by atoms with Crippen molar-refractivity contribution in [1.82, 2.24) is 14.5 Å². The molecule has 2 heterocycles. The second-order valence-electron chi connectivity index (χ2n) is 6.81. The molecule has 2 aliphatic rings. The quantitative estimate of drug-likeness (QED) is 0.868. The molecule has 24 heavy (non-hydrogen) atoms. The van der Waals surface area contributed by atoms with Gasteiger partial charge < -0.3 is 14.2 Å². The average molecular weight is 325 g/mol. The highest BCUT2D eigenvalue weighted by atomic mass is 16.5. The Morgan fingerprint density at radius 2 is 2.12 bits per heavy atom. The van der Waals surface area contributed by atoms with Crippen LogP contribution in [0, 0.1) is 5.92 Å². The van der Waals surface area contributed by atoms with Crippen LogP contribution >= 0.6 is 0 Å². The topological polar surface area (TPSA) is 47.4 Å². The Balaban J connectivity index is 1.39. The number of carbonyl (C=O) groups excluding carboxylic acids is 1. The number of imidazole rings is 1. The van der Waals surface area contributed by atoms with E-state index in [1.165, 1.54) is 5.56 Å². The molecule has 0 bridgehead atoms. The Kier molecular flexibility index (Phi) is 4.00. The van der Waals surface area contributed by atoms with Gasteiger partial charge in [0.2, 0.25) is 5.91 Å². The lowest BCUT2D eigenvalue weighted by molar-refractivity contribution is -0.134. The molecule has 4 rings (SSSR count). The van der Waals surface area contributed by atoms with Crippen molar-refractivity contribution in [1.29, 1.82) is 0 Å². The van der Waals surface area contributed by atoms with Crippen LogP contribution in [-0.2, 0) is 4.79 Å². The van der Waals surface area contributed by atoms with Crippen LogP contribution in [0.5, 0.6) is 5.75 Å². The highest BCUT2D eigenvalue weighted by Gasteiger charge is 2.46. The van der Waals surface area contributed by atoms with Crippen LogP contribution in [-0.4, -0.2) is 40.6 Å². The third-order valence-electron chi connectivity index (χ3n) is 5.31. The van der Waals surface area contributed by atoms with Crippen molar-refractivity contribution < 1.29 is 9.53 Å². The first kappa shape index (κ1) is 15.2. The zero-order valence-electron chi connectivity index (χ0n) is 14.0. The normalized spacial score (nSPS) is 26.2. The lowest BCUT2D eigenvalue weighted by Gasteiger charge is -2.33. The number of likely N-dealkylation sites (tertiary alicyclic amines) is 1. The summed E-state index contributed by atoms with van der Waals surface area (Å²) in [6.45, 7) is 1.69. The summed E-state index contributed by atoms with van der Waals surface area (Å²) in [6, 6.07) is 8.49. The van der Waals surface area contributed by atoms with Crippen LogP contribution < -0.4 is 4.74 Å². The second kappa shape index (κ2) is 6.30. The van der Waals surface area contributed by atoms with Gasteiger partial charge in [-0.15, -0.1) is 0 Å². The van der Waals surface area contributed by atoms with Crippen molar-refractivity contribution in [3.05, 3.63) is 48.5 Å². The zero-order chi connectivity index (χ0) is 16.5. The Morgan fingerprint density at radius 3 is 2.83 bits per heavy atom. The van der Waals surface area contributed by atoms with Crippen LogP contribution in [0.4, 0.5) is 0 Å². The maximum absolute atomic E-state index is 12.9. The Morgan fingerprint density at radius 1 is 1.29 bits per heavy atom. The van der Waals surface area contributed by atoms with E-state index < -0.39 is 0 Å². The van der Waals surface area contributed by atoms with E-state index >= 15 is 0 Å². The van der Waals surface area contributed by atoms with Crippen LogP contribution in [0.3, 0.4) is 0 Å². The minimum Gasteiger partial charge on any atom is -0.497 e. The molecule has 1 aliphatic carbocycles. The molecule has 2 fully saturated rings. The molecule has 3 atom stereocenters. The fraction of sp³-hybridized carbons (Fsp3) is 0.474. The molecule has 126 valence electrons.